The molecular weight excluding hydrogens is 567 g/mol. The summed E-state index contributed by atoms with van der Waals surface area (Å²) in [6.45, 7) is 0.270. The van der Waals surface area contributed by atoms with Gasteiger partial charge in [0.25, 0.3) is 6.43 Å². The number of halogens is 4. The molecule has 5 rings (SSSR count). The Bertz CT molecular complexity index is 1330. The second kappa shape index (κ2) is 11.9. The highest BCUT2D eigenvalue weighted by Crippen LogP contribution is 2.42. The zero-order valence-corrected chi connectivity index (χ0v) is 23.3. The maximum absolute atomic E-state index is 15.3. The zero-order chi connectivity index (χ0) is 29.3. The molecule has 0 spiro atoms. The Hall–Kier alpha value is -3.35. The van der Waals surface area contributed by atoms with Crippen molar-refractivity contribution in [1.82, 2.24) is 24.8 Å². The van der Waals surface area contributed by atoms with Gasteiger partial charge in [-0.05, 0) is 56.2 Å². The van der Waals surface area contributed by atoms with Gasteiger partial charge in [0.1, 0.15) is 23.7 Å². The van der Waals surface area contributed by atoms with Crippen molar-refractivity contribution in [3.05, 3.63) is 39.7 Å². The lowest BCUT2D eigenvalue weighted by Gasteiger charge is -2.39. The van der Waals surface area contributed by atoms with Crippen LogP contribution in [0.25, 0.3) is 0 Å². The SMILES string of the molecule is Cn1nnc(COc2ccc(Cl)c3c2C(CN2CCCC2=O)N(C(=O)OC(=O)C2(F)CCCCC2)CC3)c1C(F)F. The number of esters is 1. The summed E-state index contributed by atoms with van der Waals surface area (Å²) in [6, 6.07) is 2.30. The Kier molecular flexibility index (Phi) is 8.44. The van der Waals surface area contributed by atoms with Crippen LogP contribution in [0.3, 0.4) is 0 Å². The molecule has 3 aliphatic rings. The smallest absolute Gasteiger partial charge is 0.418 e. The molecule has 2 aromatic rings. The number of benzene rings is 1. The molecule has 2 fully saturated rings. The first-order chi connectivity index (χ1) is 19.6. The monoisotopic (exact) mass is 597 g/mol. The van der Waals surface area contributed by atoms with Crippen molar-refractivity contribution in [2.45, 2.75) is 76.1 Å². The van der Waals surface area contributed by atoms with E-state index in [1.54, 1.807) is 17.0 Å². The number of aromatic nitrogens is 3. The van der Waals surface area contributed by atoms with E-state index in [2.05, 4.69) is 10.3 Å². The lowest BCUT2D eigenvalue weighted by atomic mass is 9.86. The Morgan fingerprint density at radius 3 is 2.59 bits per heavy atom. The molecule has 0 bridgehead atoms. The fraction of sp³-hybridized carbons (Fsp3) is 0.593. The molecule has 3 heterocycles. The topological polar surface area (TPSA) is 107 Å². The number of carbonyl (C=O) groups is 3. The van der Waals surface area contributed by atoms with Crippen LogP contribution in [0.4, 0.5) is 18.0 Å². The van der Waals surface area contributed by atoms with Gasteiger partial charge in [-0.15, -0.1) is 5.10 Å². The van der Waals surface area contributed by atoms with Crippen LogP contribution in [-0.4, -0.2) is 68.1 Å². The molecule has 1 aliphatic carbocycles. The third kappa shape index (κ3) is 5.86. The molecule has 1 aromatic carbocycles. The Morgan fingerprint density at radius 1 is 1.15 bits per heavy atom. The quantitative estimate of drug-likeness (QED) is 0.332. The van der Waals surface area contributed by atoms with Crippen LogP contribution in [0.15, 0.2) is 12.1 Å². The predicted molar refractivity (Wildman–Crippen MR) is 139 cm³/mol. The summed E-state index contributed by atoms with van der Waals surface area (Å²) in [5, 5.41) is 7.85. The van der Waals surface area contributed by atoms with E-state index in [-0.39, 0.29) is 56.3 Å². The van der Waals surface area contributed by atoms with E-state index < -0.39 is 35.9 Å². The number of carbonyl (C=O) groups excluding carboxylic acids is 3. The number of nitrogens with zero attached hydrogens (tertiary/aromatic N) is 5. The number of alkyl halides is 3. The van der Waals surface area contributed by atoms with Gasteiger partial charge in [0.2, 0.25) is 11.6 Å². The van der Waals surface area contributed by atoms with Crippen LogP contribution >= 0.6 is 11.6 Å². The highest BCUT2D eigenvalue weighted by Gasteiger charge is 2.45. The summed E-state index contributed by atoms with van der Waals surface area (Å²) in [5.74, 6) is -1.07. The van der Waals surface area contributed by atoms with Gasteiger partial charge in [-0.2, -0.15) is 0 Å². The molecule has 0 N–H and O–H groups in total. The number of hydrogen-bond donors (Lipinski definition) is 0. The van der Waals surface area contributed by atoms with Crippen LogP contribution in [-0.2, 0) is 34.4 Å². The van der Waals surface area contributed by atoms with Crippen molar-refractivity contribution < 1.29 is 37.0 Å². The number of fused-ring (bicyclic) bond motifs is 1. The summed E-state index contributed by atoms with van der Waals surface area (Å²) in [6.07, 6.45) is -0.765. The summed E-state index contributed by atoms with van der Waals surface area (Å²) < 4.78 is 54.5. The van der Waals surface area contributed by atoms with Gasteiger partial charge in [0, 0.05) is 43.7 Å². The van der Waals surface area contributed by atoms with Gasteiger partial charge in [0.15, 0.2) is 0 Å². The molecule has 41 heavy (non-hydrogen) atoms. The highest BCUT2D eigenvalue weighted by atomic mass is 35.5. The summed E-state index contributed by atoms with van der Waals surface area (Å²) in [7, 11) is 1.35. The third-order valence-corrected chi connectivity index (χ3v) is 8.43. The normalized spacial score (nSPS) is 20.3. The Labute approximate surface area is 239 Å². The average Bonchev–Trinajstić information content (AvgIpc) is 3.53. The van der Waals surface area contributed by atoms with Crippen LogP contribution in [0.1, 0.15) is 79.9 Å². The maximum atomic E-state index is 15.3. The standard InChI is InChI=1S/C27H31ClF3N5O5/c1-34-23(24(29)30)18(32-33-34)15-40-20-8-7-17(28)16-9-13-36(19(22(16)20)14-35-12-5-6-21(35)37)26(39)41-25(38)27(31)10-3-2-4-11-27/h7-8,19,24H,2-6,9-15H2,1H3. The second-order valence-corrected chi connectivity index (χ2v) is 11.1. The zero-order valence-electron chi connectivity index (χ0n) is 22.6. The molecule has 1 aromatic heterocycles. The third-order valence-electron chi connectivity index (χ3n) is 8.08. The minimum absolute atomic E-state index is 0.00969. The molecule has 222 valence electrons. The first-order valence-corrected chi connectivity index (χ1v) is 14.1. The first kappa shape index (κ1) is 29.2. The maximum Gasteiger partial charge on any atom is 0.418 e. The van der Waals surface area contributed by atoms with Gasteiger partial charge in [-0.3, -0.25) is 9.69 Å². The van der Waals surface area contributed by atoms with Crippen LogP contribution in [0.5, 0.6) is 5.75 Å². The van der Waals surface area contributed by atoms with Crippen molar-refractivity contribution >= 4 is 29.6 Å². The number of hydrogen-bond acceptors (Lipinski definition) is 7. The van der Waals surface area contributed by atoms with Crippen LogP contribution in [0.2, 0.25) is 5.02 Å². The lowest BCUT2D eigenvalue weighted by molar-refractivity contribution is -0.154. The minimum Gasteiger partial charge on any atom is -0.487 e. The number of likely N-dealkylation sites (tertiary alicyclic amines) is 1. The van der Waals surface area contributed by atoms with E-state index in [0.29, 0.717) is 48.4 Å². The lowest BCUT2D eigenvalue weighted by Crippen LogP contribution is -2.48. The summed E-state index contributed by atoms with van der Waals surface area (Å²) >= 11 is 6.54. The van der Waals surface area contributed by atoms with E-state index in [1.807, 2.05) is 0 Å². The van der Waals surface area contributed by atoms with E-state index in [4.69, 9.17) is 21.1 Å². The summed E-state index contributed by atoms with van der Waals surface area (Å²) in [5.41, 5.74) is -1.56. The first-order valence-electron chi connectivity index (χ1n) is 13.7. The molecule has 1 unspecified atom stereocenters. The molecule has 10 nitrogen and oxygen atoms in total. The molecule has 1 atom stereocenters. The second-order valence-electron chi connectivity index (χ2n) is 10.7. The van der Waals surface area contributed by atoms with Crippen molar-refractivity contribution in [2.75, 3.05) is 19.6 Å². The fourth-order valence-corrected chi connectivity index (χ4v) is 6.15. The van der Waals surface area contributed by atoms with Crippen LogP contribution < -0.4 is 4.74 Å². The molecule has 1 saturated carbocycles. The molecule has 2 amide bonds. The molecule has 14 heteroatoms. The predicted octanol–water partition coefficient (Wildman–Crippen LogP) is 4.84. The van der Waals surface area contributed by atoms with E-state index in [0.717, 1.165) is 11.1 Å². The van der Waals surface area contributed by atoms with Gasteiger partial charge in [-0.25, -0.2) is 27.4 Å². The van der Waals surface area contributed by atoms with Crippen molar-refractivity contribution in [3.63, 3.8) is 0 Å². The van der Waals surface area contributed by atoms with Gasteiger partial charge >= 0.3 is 12.1 Å². The number of aryl methyl sites for hydroxylation is 1. The minimum atomic E-state index is -2.83. The molecular formula is C27H31ClF3N5O5. The van der Waals surface area contributed by atoms with Crippen molar-refractivity contribution in [3.8, 4) is 5.75 Å². The Balaban J connectivity index is 1.46. The summed E-state index contributed by atoms with van der Waals surface area (Å²) in [4.78, 5) is 41.6. The van der Waals surface area contributed by atoms with Gasteiger partial charge in [0.05, 0.1) is 6.04 Å². The van der Waals surface area contributed by atoms with Crippen LogP contribution in [0, 0.1) is 0 Å². The van der Waals surface area contributed by atoms with E-state index >= 15 is 4.39 Å². The Morgan fingerprint density at radius 2 is 1.90 bits per heavy atom. The fourth-order valence-electron chi connectivity index (χ4n) is 5.89. The van der Waals surface area contributed by atoms with Gasteiger partial charge in [-0.1, -0.05) is 23.2 Å². The van der Waals surface area contributed by atoms with Gasteiger partial charge < -0.3 is 14.4 Å². The average molecular weight is 598 g/mol. The number of rotatable bonds is 7. The molecule has 2 aliphatic heterocycles. The molecule has 1 saturated heterocycles. The van der Waals surface area contributed by atoms with E-state index in [9.17, 15) is 23.2 Å². The number of ether oxygens (including phenoxy) is 2. The highest BCUT2D eigenvalue weighted by molar-refractivity contribution is 6.31. The molecule has 0 radical (unpaired) electrons. The van der Waals surface area contributed by atoms with Crippen molar-refractivity contribution in [2.24, 2.45) is 7.05 Å². The van der Waals surface area contributed by atoms with E-state index in [1.165, 1.54) is 11.9 Å². The van der Waals surface area contributed by atoms with Crippen molar-refractivity contribution in [1.29, 1.82) is 0 Å². The largest absolute Gasteiger partial charge is 0.487 e. The number of amides is 2.